The van der Waals surface area contributed by atoms with E-state index >= 15 is 0 Å². The summed E-state index contributed by atoms with van der Waals surface area (Å²) in [5.41, 5.74) is 5.32. The fourth-order valence-corrected chi connectivity index (χ4v) is 2.12. The number of nitrogens with zero attached hydrogens (tertiary/aromatic N) is 1. The molecule has 1 fully saturated rings. The van der Waals surface area contributed by atoms with Crippen molar-refractivity contribution in [3.63, 3.8) is 0 Å². The van der Waals surface area contributed by atoms with Gasteiger partial charge in [0.05, 0.1) is 19.1 Å². The Labute approximate surface area is 108 Å². The van der Waals surface area contributed by atoms with Crippen LogP contribution < -0.4 is 11.1 Å². The molecule has 1 heterocycles. The highest BCUT2D eigenvalue weighted by Gasteiger charge is 2.27. The van der Waals surface area contributed by atoms with E-state index in [1.165, 1.54) is 0 Å². The number of nitrogens with one attached hydrogen (secondary N) is 1. The Balaban J connectivity index is 2.34. The second-order valence-corrected chi connectivity index (χ2v) is 4.46. The third-order valence-corrected chi connectivity index (χ3v) is 2.96. The van der Waals surface area contributed by atoms with Crippen LogP contribution in [-0.2, 0) is 14.3 Å². The van der Waals surface area contributed by atoms with Crippen LogP contribution in [0.5, 0.6) is 0 Å². The van der Waals surface area contributed by atoms with Gasteiger partial charge >= 0.3 is 5.97 Å². The van der Waals surface area contributed by atoms with Gasteiger partial charge in [0.15, 0.2) is 0 Å². The first-order valence-corrected chi connectivity index (χ1v) is 6.53. The minimum atomic E-state index is -0.149. The highest BCUT2D eigenvalue weighted by Crippen LogP contribution is 2.17. The molecule has 1 atom stereocenters. The predicted molar refractivity (Wildman–Crippen MR) is 67.9 cm³/mol. The number of rotatable bonds is 6. The zero-order valence-corrected chi connectivity index (χ0v) is 11.0. The van der Waals surface area contributed by atoms with E-state index in [2.05, 4.69) is 5.32 Å². The molecule has 0 aliphatic carbocycles. The van der Waals surface area contributed by atoms with E-state index in [0.29, 0.717) is 32.8 Å². The van der Waals surface area contributed by atoms with Crippen LogP contribution in [0.2, 0.25) is 0 Å². The molecule has 1 rings (SSSR count). The summed E-state index contributed by atoms with van der Waals surface area (Å²) in [5, 5.41) is 2.73. The first-order valence-electron chi connectivity index (χ1n) is 6.53. The van der Waals surface area contributed by atoms with Gasteiger partial charge in [-0.3, -0.25) is 14.5 Å². The molecule has 3 N–H and O–H groups in total. The molecular formula is C12H23N3O3. The number of ether oxygens (including phenoxy) is 1. The van der Waals surface area contributed by atoms with Crippen molar-refractivity contribution in [1.29, 1.82) is 0 Å². The van der Waals surface area contributed by atoms with Crippen LogP contribution in [0.15, 0.2) is 0 Å². The van der Waals surface area contributed by atoms with E-state index < -0.39 is 0 Å². The van der Waals surface area contributed by atoms with Crippen molar-refractivity contribution < 1.29 is 14.3 Å². The van der Waals surface area contributed by atoms with Crippen molar-refractivity contribution in [2.24, 2.45) is 11.7 Å². The molecular weight excluding hydrogens is 234 g/mol. The van der Waals surface area contributed by atoms with Crippen LogP contribution in [-0.4, -0.2) is 56.1 Å². The maximum Gasteiger partial charge on any atom is 0.310 e. The average Bonchev–Trinajstić information content (AvgIpc) is 2.37. The van der Waals surface area contributed by atoms with Gasteiger partial charge in [-0.25, -0.2) is 0 Å². The zero-order valence-electron chi connectivity index (χ0n) is 11.0. The molecule has 0 aromatic heterocycles. The number of likely N-dealkylation sites (tertiary alicyclic amines) is 1. The van der Waals surface area contributed by atoms with Gasteiger partial charge in [0.2, 0.25) is 5.91 Å². The molecule has 1 aliphatic rings. The number of amides is 1. The van der Waals surface area contributed by atoms with Crippen molar-refractivity contribution >= 4 is 11.9 Å². The molecule has 1 aliphatic heterocycles. The molecule has 104 valence electrons. The van der Waals surface area contributed by atoms with Crippen molar-refractivity contribution in [1.82, 2.24) is 10.2 Å². The number of hydrogen-bond donors (Lipinski definition) is 2. The van der Waals surface area contributed by atoms with Gasteiger partial charge in [-0.15, -0.1) is 0 Å². The zero-order chi connectivity index (χ0) is 13.4. The largest absolute Gasteiger partial charge is 0.466 e. The SMILES string of the molecule is CCOC(=O)C1CCCN(CC(=O)NCCN)C1. The molecule has 0 aromatic carbocycles. The van der Waals surface area contributed by atoms with Gasteiger partial charge in [-0.1, -0.05) is 0 Å². The lowest BCUT2D eigenvalue weighted by molar-refractivity contribution is -0.150. The van der Waals surface area contributed by atoms with E-state index in [0.717, 1.165) is 19.4 Å². The maximum atomic E-state index is 11.6. The molecule has 1 unspecified atom stereocenters. The van der Waals surface area contributed by atoms with Gasteiger partial charge in [-0.2, -0.15) is 0 Å². The van der Waals surface area contributed by atoms with Gasteiger partial charge < -0.3 is 15.8 Å². The smallest absolute Gasteiger partial charge is 0.310 e. The summed E-state index contributed by atoms with van der Waals surface area (Å²) in [4.78, 5) is 25.2. The molecule has 6 nitrogen and oxygen atoms in total. The van der Waals surface area contributed by atoms with Crippen LogP contribution in [0, 0.1) is 5.92 Å². The number of piperidine rings is 1. The molecule has 18 heavy (non-hydrogen) atoms. The Kier molecular flexibility index (Phi) is 6.67. The first kappa shape index (κ1) is 14.9. The van der Waals surface area contributed by atoms with Crippen molar-refractivity contribution in [2.45, 2.75) is 19.8 Å². The van der Waals surface area contributed by atoms with Crippen molar-refractivity contribution in [3.05, 3.63) is 0 Å². The Morgan fingerprint density at radius 2 is 2.28 bits per heavy atom. The van der Waals surface area contributed by atoms with E-state index in [9.17, 15) is 9.59 Å². The van der Waals surface area contributed by atoms with E-state index in [-0.39, 0.29) is 17.8 Å². The lowest BCUT2D eigenvalue weighted by Crippen LogP contribution is -2.45. The molecule has 0 saturated carbocycles. The summed E-state index contributed by atoms with van der Waals surface area (Å²) in [7, 11) is 0. The average molecular weight is 257 g/mol. The number of nitrogens with two attached hydrogens (primary N) is 1. The minimum absolute atomic E-state index is 0.0371. The predicted octanol–water partition coefficient (Wildman–Crippen LogP) is -0.664. The minimum Gasteiger partial charge on any atom is -0.466 e. The fraction of sp³-hybridized carbons (Fsp3) is 0.833. The van der Waals surface area contributed by atoms with E-state index in [1.54, 1.807) is 6.92 Å². The monoisotopic (exact) mass is 257 g/mol. The topological polar surface area (TPSA) is 84.7 Å². The number of carbonyl (C=O) groups excluding carboxylic acids is 2. The maximum absolute atomic E-state index is 11.6. The summed E-state index contributed by atoms with van der Waals surface area (Å²) < 4.78 is 5.02. The van der Waals surface area contributed by atoms with Gasteiger partial charge in [-0.05, 0) is 26.3 Å². The van der Waals surface area contributed by atoms with Gasteiger partial charge in [0, 0.05) is 19.6 Å². The third-order valence-electron chi connectivity index (χ3n) is 2.96. The Hall–Kier alpha value is -1.14. The van der Waals surface area contributed by atoms with Crippen LogP contribution in [0.25, 0.3) is 0 Å². The normalized spacial score (nSPS) is 20.4. The Morgan fingerprint density at radius 3 is 2.94 bits per heavy atom. The number of esters is 1. The van der Waals surface area contributed by atoms with Crippen LogP contribution >= 0.6 is 0 Å². The summed E-state index contributed by atoms with van der Waals surface area (Å²) in [6.07, 6.45) is 1.77. The second-order valence-electron chi connectivity index (χ2n) is 4.46. The van der Waals surface area contributed by atoms with E-state index in [1.807, 2.05) is 4.90 Å². The standard InChI is InChI=1S/C12H23N3O3/c1-2-18-12(17)10-4-3-7-15(8-10)9-11(16)14-6-5-13/h10H,2-9,13H2,1H3,(H,14,16). The molecule has 0 bridgehead atoms. The highest BCUT2D eigenvalue weighted by molar-refractivity contribution is 5.78. The molecule has 6 heteroatoms. The Morgan fingerprint density at radius 1 is 1.50 bits per heavy atom. The van der Waals surface area contributed by atoms with Gasteiger partial charge in [0.1, 0.15) is 0 Å². The summed E-state index contributed by atoms with van der Waals surface area (Å²) >= 11 is 0. The Bertz CT molecular complexity index is 284. The molecule has 0 aromatic rings. The highest BCUT2D eigenvalue weighted by atomic mass is 16.5. The summed E-state index contributed by atoms with van der Waals surface area (Å²) in [5.74, 6) is -0.282. The molecule has 1 amide bonds. The fourth-order valence-electron chi connectivity index (χ4n) is 2.12. The first-order chi connectivity index (χ1) is 8.67. The van der Waals surface area contributed by atoms with Crippen molar-refractivity contribution in [2.75, 3.05) is 39.3 Å². The summed E-state index contributed by atoms with van der Waals surface area (Å²) in [6.45, 7) is 4.94. The molecule has 1 saturated heterocycles. The number of carbonyl (C=O) groups is 2. The quantitative estimate of drug-likeness (QED) is 0.617. The third kappa shape index (κ3) is 5.01. The van der Waals surface area contributed by atoms with Gasteiger partial charge in [0.25, 0.3) is 0 Å². The van der Waals surface area contributed by atoms with Crippen LogP contribution in [0.4, 0.5) is 0 Å². The van der Waals surface area contributed by atoms with Crippen LogP contribution in [0.3, 0.4) is 0 Å². The second kappa shape index (κ2) is 8.05. The molecule has 0 radical (unpaired) electrons. The number of hydrogen-bond acceptors (Lipinski definition) is 5. The van der Waals surface area contributed by atoms with E-state index in [4.69, 9.17) is 10.5 Å². The lowest BCUT2D eigenvalue weighted by atomic mass is 9.98. The summed E-state index contributed by atoms with van der Waals surface area (Å²) in [6, 6.07) is 0. The van der Waals surface area contributed by atoms with Crippen LogP contribution in [0.1, 0.15) is 19.8 Å². The molecule has 0 spiro atoms. The van der Waals surface area contributed by atoms with Crippen molar-refractivity contribution in [3.8, 4) is 0 Å². The lowest BCUT2D eigenvalue weighted by Gasteiger charge is -2.30.